The summed E-state index contributed by atoms with van der Waals surface area (Å²) in [4.78, 5) is 11.7. The molecule has 0 radical (unpaired) electrons. The van der Waals surface area contributed by atoms with Crippen LogP contribution in [0.15, 0.2) is 18.2 Å². The number of nitrogens with two attached hydrogens (primary N) is 1. The summed E-state index contributed by atoms with van der Waals surface area (Å²) in [5.74, 6) is -0.0100. The van der Waals surface area contributed by atoms with E-state index in [-0.39, 0.29) is 11.7 Å². The van der Waals surface area contributed by atoms with E-state index in [0.717, 1.165) is 5.56 Å². The molecule has 0 spiro atoms. The van der Waals surface area contributed by atoms with Crippen molar-refractivity contribution < 1.29 is 14.6 Å². The molecular weight excluding hydrogens is 220 g/mol. The Kier molecular flexibility index (Phi) is 5.45. The summed E-state index contributed by atoms with van der Waals surface area (Å²) in [6.07, 6.45) is 0. The van der Waals surface area contributed by atoms with Gasteiger partial charge in [-0.15, -0.1) is 0 Å². The molecular formula is C12H18N2O3. The van der Waals surface area contributed by atoms with E-state index in [2.05, 4.69) is 5.32 Å². The van der Waals surface area contributed by atoms with Crippen LogP contribution in [0, 0.1) is 6.92 Å². The standard InChI is InChI=1S/C12H18N2O3/c1-9-8-10(15)2-3-11(9)12(16)14-5-7-17-6-4-13/h2-3,8,15H,4-7,13H2,1H3,(H,14,16). The van der Waals surface area contributed by atoms with Gasteiger partial charge in [0.05, 0.1) is 13.2 Å². The minimum atomic E-state index is -0.168. The zero-order valence-corrected chi connectivity index (χ0v) is 9.90. The lowest BCUT2D eigenvalue weighted by Gasteiger charge is -2.08. The highest BCUT2D eigenvalue weighted by Gasteiger charge is 2.08. The largest absolute Gasteiger partial charge is 0.508 e. The molecule has 0 aliphatic rings. The first-order valence-electron chi connectivity index (χ1n) is 5.50. The average Bonchev–Trinajstić information content (AvgIpc) is 2.28. The fourth-order valence-electron chi connectivity index (χ4n) is 1.42. The molecule has 1 aromatic carbocycles. The van der Waals surface area contributed by atoms with Gasteiger partial charge in [-0.2, -0.15) is 0 Å². The number of hydrogen-bond donors (Lipinski definition) is 3. The molecule has 1 amide bonds. The van der Waals surface area contributed by atoms with Crippen LogP contribution in [-0.2, 0) is 4.74 Å². The molecule has 5 nitrogen and oxygen atoms in total. The van der Waals surface area contributed by atoms with Crippen molar-refractivity contribution in [1.29, 1.82) is 0 Å². The monoisotopic (exact) mass is 238 g/mol. The summed E-state index contributed by atoms with van der Waals surface area (Å²) in [6.45, 7) is 3.64. The molecule has 5 heteroatoms. The topological polar surface area (TPSA) is 84.6 Å². The zero-order valence-electron chi connectivity index (χ0n) is 9.90. The first-order valence-corrected chi connectivity index (χ1v) is 5.50. The second-order valence-electron chi connectivity index (χ2n) is 3.66. The number of ether oxygens (including phenoxy) is 1. The van der Waals surface area contributed by atoms with Crippen LogP contribution in [0.4, 0.5) is 0 Å². The van der Waals surface area contributed by atoms with E-state index in [0.29, 0.717) is 31.9 Å². The highest BCUT2D eigenvalue weighted by atomic mass is 16.5. The predicted molar refractivity (Wildman–Crippen MR) is 65.1 cm³/mol. The molecule has 1 aromatic rings. The first-order chi connectivity index (χ1) is 8.15. The Morgan fingerprint density at radius 3 is 2.88 bits per heavy atom. The molecule has 0 fully saturated rings. The van der Waals surface area contributed by atoms with Crippen LogP contribution in [0.25, 0.3) is 0 Å². The first kappa shape index (κ1) is 13.5. The lowest BCUT2D eigenvalue weighted by molar-refractivity contribution is 0.0919. The van der Waals surface area contributed by atoms with Crippen LogP contribution < -0.4 is 11.1 Å². The van der Waals surface area contributed by atoms with E-state index in [4.69, 9.17) is 10.5 Å². The van der Waals surface area contributed by atoms with Crippen molar-refractivity contribution in [3.05, 3.63) is 29.3 Å². The van der Waals surface area contributed by atoms with E-state index >= 15 is 0 Å². The van der Waals surface area contributed by atoms with Crippen LogP contribution in [0.5, 0.6) is 5.75 Å². The SMILES string of the molecule is Cc1cc(O)ccc1C(=O)NCCOCCN. The molecule has 0 bridgehead atoms. The third-order valence-corrected chi connectivity index (χ3v) is 2.25. The minimum absolute atomic E-state index is 0.158. The van der Waals surface area contributed by atoms with Crippen molar-refractivity contribution in [1.82, 2.24) is 5.32 Å². The van der Waals surface area contributed by atoms with Crippen molar-refractivity contribution in [3.8, 4) is 5.75 Å². The molecule has 0 unspecified atom stereocenters. The average molecular weight is 238 g/mol. The van der Waals surface area contributed by atoms with E-state index in [1.54, 1.807) is 19.1 Å². The Balaban J connectivity index is 2.42. The lowest BCUT2D eigenvalue weighted by Crippen LogP contribution is -2.28. The van der Waals surface area contributed by atoms with Crippen molar-refractivity contribution in [2.75, 3.05) is 26.3 Å². The maximum atomic E-state index is 11.7. The van der Waals surface area contributed by atoms with Gasteiger partial charge in [-0.3, -0.25) is 4.79 Å². The van der Waals surface area contributed by atoms with Crippen LogP contribution in [-0.4, -0.2) is 37.3 Å². The quantitative estimate of drug-likeness (QED) is 0.626. The molecule has 0 saturated heterocycles. The third-order valence-electron chi connectivity index (χ3n) is 2.25. The Hall–Kier alpha value is -1.59. The van der Waals surface area contributed by atoms with Gasteiger partial charge < -0.3 is 20.9 Å². The molecule has 1 rings (SSSR count). The molecule has 4 N–H and O–H groups in total. The summed E-state index contributed by atoms with van der Waals surface area (Å²) in [5.41, 5.74) is 6.56. The number of amides is 1. The number of aryl methyl sites for hydroxylation is 1. The maximum Gasteiger partial charge on any atom is 0.251 e. The third kappa shape index (κ3) is 4.42. The van der Waals surface area contributed by atoms with Gasteiger partial charge in [-0.25, -0.2) is 0 Å². The summed E-state index contributed by atoms with van der Waals surface area (Å²) < 4.78 is 5.14. The number of phenolic OH excluding ortho intramolecular Hbond substituents is 1. The number of rotatable bonds is 6. The number of carbonyl (C=O) groups excluding carboxylic acids is 1. The fourth-order valence-corrected chi connectivity index (χ4v) is 1.42. The maximum absolute atomic E-state index is 11.7. The predicted octanol–water partition coefficient (Wildman–Crippen LogP) is 0.406. The van der Waals surface area contributed by atoms with Crippen LogP contribution in [0.3, 0.4) is 0 Å². The second kappa shape index (κ2) is 6.88. The van der Waals surface area contributed by atoms with Crippen LogP contribution in [0.2, 0.25) is 0 Å². The summed E-state index contributed by atoms with van der Waals surface area (Å²) in [7, 11) is 0. The van der Waals surface area contributed by atoms with E-state index < -0.39 is 0 Å². The zero-order chi connectivity index (χ0) is 12.7. The molecule has 0 atom stereocenters. The molecule has 0 saturated carbocycles. The van der Waals surface area contributed by atoms with Crippen molar-refractivity contribution in [3.63, 3.8) is 0 Å². The molecule has 0 aliphatic heterocycles. The van der Waals surface area contributed by atoms with Crippen LogP contribution in [0.1, 0.15) is 15.9 Å². The highest BCUT2D eigenvalue weighted by molar-refractivity contribution is 5.95. The second-order valence-corrected chi connectivity index (χ2v) is 3.66. The van der Waals surface area contributed by atoms with E-state index in [1.165, 1.54) is 6.07 Å². The number of nitrogens with one attached hydrogen (secondary N) is 1. The lowest BCUT2D eigenvalue weighted by atomic mass is 10.1. The molecule has 17 heavy (non-hydrogen) atoms. The summed E-state index contributed by atoms with van der Waals surface area (Å²) >= 11 is 0. The Labute approximate surface area is 101 Å². The smallest absolute Gasteiger partial charge is 0.251 e. The normalized spacial score (nSPS) is 10.2. The van der Waals surface area contributed by atoms with Crippen LogP contribution >= 0.6 is 0 Å². The van der Waals surface area contributed by atoms with Crippen molar-refractivity contribution >= 4 is 5.91 Å². The molecule has 0 aliphatic carbocycles. The summed E-state index contributed by atoms with van der Waals surface area (Å²) in [5, 5.41) is 12.0. The Morgan fingerprint density at radius 2 is 2.24 bits per heavy atom. The highest BCUT2D eigenvalue weighted by Crippen LogP contribution is 2.15. The fraction of sp³-hybridized carbons (Fsp3) is 0.417. The van der Waals surface area contributed by atoms with Gasteiger partial charge in [-0.1, -0.05) is 0 Å². The van der Waals surface area contributed by atoms with Gasteiger partial charge in [-0.05, 0) is 30.7 Å². The van der Waals surface area contributed by atoms with Gasteiger partial charge in [0.2, 0.25) is 0 Å². The number of benzene rings is 1. The number of hydrogen-bond acceptors (Lipinski definition) is 4. The van der Waals surface area contributed by atoms with Gasteiger partial charge in [0.25, 0.3) is 5.91 Å². The Bertz CT molecular complexity index is 380. The minimum Gasteiger partial charge on any atom is -0.508 e. The van der Waals surface area contributed by atoms with Crippen molar-refractivity contribution in [2.24, 2.45) is 5.73 Å². The summed E-state index contributed by atoms with van der Waals surface area (Å²) in [6, 6.07) is 4.65. The molecule has 0 aromatic heterocycles. The van der Waals surface area contributed by atoms with Gasteiger partial charge in [0.1, 0.15) is 5.75 Å². The van der Waals surface area contributed by atoms with Gasteiger partial charge in [0, 0.05) is 18.7 Å². The Morgan fingerprint density at radius 1 is 1.47 bits per heavy atom. The number of phenols is 1. The van der Waals surface area contributed by atoms with Gasteiger partial charge >= 0.3 is 0 Å². The van der Waals surface area contributed by atoms with Crippen molar-refractivity contribution in [2.45, 2.75) is 6.92 Å². The number of aromatic hydroxyl groups is 1. The van der Waals surface area contributed by atoms with E-state index in [9.17, 15) is 9.90 Å². The van der Waals surface area contributed by atoms with E-state index in [1.807, 2.05) is 0 Å². The number of carbonyl (C=O) groups is 1. The molecule has 0 heterocycles. The molecule has 94 valence electrons. The van der Waals surface area contributed by atoms with Gasteiger partial charge in [0.15, 0.2) is 0 Å².